The highest BCUT2D eigenvalue weighted by Crippen LogP contribution is 2.02. The number of nitrogens with zero attached hydrogens (tertiary/aromatic N) is 5. The second-order valence-electron chi connectivity index (χ2n) is 3.98. The Labute approximate surface area is 99.4 Å². The molecule has 0 saturated carbocycles. The lowest BCUT2D eigenvalue weighted by Gasteiger charge is -2.15. The minimum atomic E-state index is 0.0255. The van der Waals surface area contributed by atoms with Crippen LogP contribution in [0.1, 0.15) is 5.56 Å². The van der Waals surface area contributed by atoms with Crippen molar-refractivity contribution < 1.29 is 4.79 Å². The Morgan fingerprint density at radius 3 is 2.88 bits per heavy atom. The van der Waals surface area contributed by atoms with E-state index in [1.54, 1.807) is 46.0 Å². The van der Waals surface area contributed by atoms with Gasteiger partial charge in [-0.15, -0.1) is 0 Å². The molecule has 0 aliphatic heterocycles. The van der Waals surface area contributed by atoms with Crippen molar-refractivity contribution in [1.82, 2.24) is 24.5 Å². The average Bonchev–Trinajstić information content (AvgIpc) is 2.90. The van der Waals surface area contributed by atoms with E-state index in [4.69, 9.17) is 0 Å². The van der Waals surface area contributed by atoms with Gasteiger partial charge in [-0.25, -0.2) is 0 Å². The van der Waals surface area contributed by atoms with E-state index >= 15 is 0 Å². The molecule has 0 fully saturated rings. The van der Waals surface area contributed by atoms with Gasteiger partial charge in [0.15, 0.2) is 0 Å². The molecule has 0 bridgehead atoms. The van der Waals surface area contributed by atoms with Crippen molar-refractivity contribution in [3.63, 3.8) is 0 Å². The lowest BCUT2D eigenvalue weighted by Crippen LogP contribution is -2.29. The monoisotopic (exact) mass is 233 g/mol. The van der Waals surface area contributed by atoms with Crippen LogP contribution >= 0.6 is 0 Å². The Morgan fingerprint density at radius 2 is 2.29 bits per heavy atom. The third-order valence-corrected chi connectivity index (χ3v) is 2.46. The van der Waals surface area contributed by atoms with Crippen molar-refractivity contribution in [3.8, 4) is 0 Å². The van der Waals surface area contributed by atoms with E-state index in [1.807, 2.05) is 13.2 Å². The van der Waals surface area contributed by atoms with Crippen molar-refractivity contribution >= 4 is 5.91 Å². The van der Waals surface area contributed by atoms with Crippen molar-refractivity contribution in [3.05, 3.63) is 36.4 Å². The minimum absolute atomic E-state index is 0.0255. The van der Waals surface area contributed by atoms with Crippen molar-refractivity contribution in [2.75, 3.05) is 7.05 Å². The fraction of sp³-hybridized carbons (Fsp3) is 0.364. The lowest BCUT2D eigenvalue weighted by atomic mass is 10.3. The molecule has 90 valence electrons. The first kappa shape index (κ1) is 11.4. The molecule has 0 saturated heterocycles. The van der Waals surface area contributed by atoms with E-state index in [0.717, 1.165) is 5.56 Å². The van der Waals surface area contributed by atoms with Crippen molar-refractivity contribution in [2.45, 2.75) is 13.1 Å². The van der Waals surface area contributed by atoms with Crippen molar-refractivity contribution in [1.29, 1.82) is 0 Å². The Hall–Kier alpha value is -2.11. The standard InChI is InChI=1S/C11H15N5O/c1-14(7-10-6-13-15(2)8-10)11(17)9-16-5-3-4-12-16/h3-6,8H,7,9H2,1-2H3. The summed E-state index contributed by atoms with van der Waals surface area (Å²) < 4.78 is 3.34. The molecule has 0 aliphatic rings. The van der Waals surface area contributed by atoms with Crippen LogP contribution in [0.2, 0.25) is 0 Å². The molecule has 0 atom stereocenters. The highest BCUT2D eigenvalue weighted by molar-refractivity contribution is 5.75. The third-order valence-electron chi connectivity index (χ3n) is 2.46. The molecule has 6 heteroatoms. The summed E-state index contributed by atoms with van der Waals surface area (Å²) in [5, 5.41) is 8.07. The fourth-order valence-corrected chi connectivity index (χ4v) is 1.57. The molecule has 17 heavy (non-hydrogen) atoms. The number of hydrogen-bond donors (Lipinski definition) is 0. The van der Waals surface area contributed by atoms with Gasteiger partial charge in [-0.1, -0.05) is 0 Å². The van der Waals surface area contributed by atoms with Gasteiger partial charge in [-0.3, -0.25) is 14.2 Å². The topological polar surface area (TPSA) is 56.0 Å². The number of carbonyl (C=O) groups excluding carboxylic acids is 1. The highest BCUT2D eigenvalue weighted by atomic mass is 16.2. The fourth-order valence-electron chi connectivity index (χ4n) is 1.57. The van der Waals surface area contributed by atoms with Gasteiger partial charge in [0.1, 0.15) is 6.54 Å². The smallest absolute Gasteiger partial charge is 0.244 e. The van der Waals surface area contributed by atoms with Crippen LogP contribution in [0.25, 0.3) is 0 Å². The van der Waals surface area contributed by atoms with Gasteiger partial charge >= 0.3 is 0 Å². The van der Waals surface area contributed by atoms with Crippen LogP contribution in [0, 0.1) is 0 Å². The van der Waals surface area contributed by atoms with Gasteiger partial charge in [-0.2, -0.15) is 10.2 Å². The van der Waals surface area contributed by atoms with Gasteiger partial charge in [0.05, 0.1) is 6.20 Å². The van der Waals surface area contributed by atoms with Gasteiger partial charge in [0.2, 0.25) is 5.91 Å². The highest BCUT2D eigenvalue weighted by Gasteiger charge is 2.10. The molecule has 0 radical (unpaired) electrons. The molecule has 0 aromatic carbocycles. The number of rotatable bonds is 4. The number of likely N-dealkylation sites (N-methyl/N-ethyl adjacent to an activating group) is 1. The van der Waals surface area contributed by atoms with Crippen LogP contribution in [-0.4, -0.2) is 37.4 Å². The van der Waals surface area contributed by atoms with Crippen LogP contribution in [0.4, 0.5) is 0 Å². The molecule has 6 nitrogen and oxygen atoms in total. The summed E-state index contributed by atoms with van der Waals surface area (Å²) >= 11 is 0. The SMILES string of the molecule is CN(Cc1cnn(C)c1)C(=O)Cn1cccn1. The molecule has 0 spiro atoms. The Balaban J connectivity index is 1.91. The second-order valence-corrected chi connectivity index (χ2v) is 3.98. The van der Waals surface area contributed by atoms with E-state index in [0.29, 0.717) is 6.54 Å². The summed E-state index contributed by atoms with van der Waals surface area (Å²) in [4.78, 5) is 13.5. The normalized spacial score (nSPS) is 10.5. The summed E-state index contributed by atoms with van der Waals surface area (Å²) in [5.41, 5.74) is 1.02. The number of hydrogen-bond acceptors (Lipinski definition) is 3. The van der Waals surface area contributed by atoms with Crippen LogP contribution in [0.15, 0.2) is 30.9 Å². The van der Waals surface area contributed by atoms with Crippen LogP contribution < -0.4 is 0 Å². The van der Waals surface area contributed by atoms with Crippen LogP contribution in [-0.2, 0) is 24.9 Å². The first-order valence-electron chi connectivity index (χ1n) is 5.34. The maximum Gasteiger partial charge on any atom is 0.244 e. The summed E-state index contributed by atoms with van der Waals surface area (Å²) in [6, 6.07) is 1.80. The van der Waals surface area contributed by atoms with Gasteiger partial charge < -0.3 is 4.90 Å². The zero-order chi connectivity index (χ0) is 12.3. The zero-order valence-electron chi connectivity index (χ0n) is 9.95. The first-order valence-corrected chi connectivity index (χ1v) is 5.34. The van der Waals surface area contributed by atoms with Crippen molar-refractivity contribution in [2.24, 2.45) is 7.05 Å². The predicted octanol–water partition coefficient (Wildman–Crippen LogP) is 0.275. The van der Waals surface area contributed by atoms with Gasteiger partial charge in [0, 0.05) is 44.8 Å². The summed E-state index contributed by atoms with van der Waals surface area (Å²) in [7, 11) is 3.63. The molecule has 2 heterocycles. The van der Waals surface area contributed by atoms with E-state index in [2.05, 4.69) is 10.2 Å². The number of amides is 1. The second kappa shape index (κ2) is 4.82. The van der Waals surface area contributed by atoms with E-state index < -0.39 is 0 Å². The summed E-state index contributed by atoms with van der Waals surface area (Å²) in [6.45, 7) is 0.831. The molecule has 0 N–H and O–H groups in total. The molecule has 0 aliphatic carbocycles. The molecule has 1 amide bonds. The Morgan fingerprint density at radius 1 is 1.47 bits per heavy atom. The molecular formula is C11H15N5O. The summed E-state index contributed by atoms with van der Waals surface area (Å²) in [5.74, 6) is 0.0255. The minimum Gasteiger partial charge on any atom is -0.340 e. The molecular weight excluding hydrogens is 218 g/mol. The maximum atomic E-state index is 11.9. The number of aryl methyl sites for hydroxylation is 1. The van der Waals surface area contributed by atoms with E-state index in [1.165, 1.54) is 0 Å². The average molecular weight is 233 g/mol. The van der Waals surface area contributed by atoms with Crippen LogP contribution in [0.3, 0.4) is 0 Å². The molecule has 2 aromatic rings. The first-order chi connectivity index (χ1) is 8.15. The van der Waals surface area contributed by atoms with Gasteiger partial charge in [-0.05, 0) is 6.07 Å². The lowest BCUT2D eigenvalue weighted by molar-refractivity contribution is -0.131. The molecule has 2 rings (SSSR count). The molecule has 0 unspecified atom stereocenters. The van der Waals surface area contributed by atoms with E-state index in [-0.39, 0.29) is 12.5 Å². The van der Waals surface area contributed by atoms with E-state index in [9.17, 15) is 4.79 Å². The predicted molar refractivity (Wildman–Crippen MR) is 61.9 cm³/mol. The van der Waals surface area contributed by atoms with Gasteiger partial charge in [0.25, 0.3) is 0 Å². The molecule has 2 aromatic heterocycles. The van der Waals surface area contributed by atoms with Crippen LogP contribution in [0.5, 0.6) is 0 Å². The Kier molecular flexibility index (Phi) is 3.22. The third kappa shape index (κ3) is 2.93. The largest absolute Gasteiger partial charge is 0.340 e. The quantitative estimate of drug-likeness (QED) is 0.762. The maximum absolute atomic E-state index is 11.9. The number of aromatic nitrogens is 4. The summed E-state index contributed by atoms with van der Waals surface area (Å²) in [6.07, 6.45) is 7.10. The Bertz CT molecular complexity index is 488. The zero-order valence-corrected chi connectivity index (χ0v) is 9.95. The number of carbonyl (C=O) groups is 1.